The van der Waals surface area contributed by atoms with Gasteiger partial charge in [-0.05, 0) is 0 Å². The molecular formula is C10H14N3O9P. The second-order valence-corrected chi connectivity index (χ2v) is 6.10. The van der Waals surface area contributed by atoms with E-state index in [0.717, 1.165) is 6.07 Å². The van der Waals surface area contributed by atoms with E-state index in [9.17, 15) is 24.6 Å². The van der Waals surface area contributed by atoms with Crippen molar-refractivity contribution in [1.82, 2.24) is 4.98 Å². The molecule has 1 aliphatic heterocycles. The molecule has 0 spiro atoms. The molecule has 1 saturated heterocycles. The van der Waals surface area contributed by atoms with Crippen LogP contribution in [0.25, 0.3) is 0 Å². The molecule has 0 radical (unpaired) electrons. The zero-order valence-corrected chi connectivity index (χ0v) is 12.4. The van der Waals surface area contributed by atoms with Crippen LogP contribution in [-0.4, -0.2) is 43.6 Å². The molecule has 1 fully saturated rings. The van der Waals surface area contributed by atoms with Gasteiger partial charge in [-0.1, -0.05) is 0 Å². The van der Waals surface area contributed by atoms with Crippen molar-refractivity contribution >= 4 is 19.3 Å². The topological polar surface area (TPSA) is 198 Å². The number of phosphoric acid groups is 1. The number of ether oxygens (including phenoxy) is 1. The lowest BCUT2D eigenvalue weighted by Crippen LogP contribution is -2.26. The summed E-state index contributed by atoms with van der Waals surface area (Å²) in [6, 6.07) is 0.942. The molecule has 13 heteroatoms. The van der Waals surface area contributed by atoms with E-state index >= 15 is 0 Å². The smallest absolute Gasteiger partial charge is 0.390 e. The number of rotatable bonds is 5. The van der Waals surface area contributed by atoms with E-state index in [1.165, 1.54) is 0 Å². The van der Waals surface area contributed by atoms with Gasteiger partial charge in [-0.25, -0.2) is 4.57 Å². The molecule has 0 saturated carbocycles. The predicted octanol–water partition coefficient (Wildman–Crippen LogP) is -0.835. The lowest BCUT2D eigenvalue weighted by Gasteiger charge is -2.15. The Morgan fingerprint density at radius 3 is 2.78 bits per heavy atom. The van der Waals surface area contributed by atoms with Crippen molar-refractivity contribution in [2.45, 2.75) is 24.7 Å². The lowest BCUT2D eigenvalue weighted by atomic mass is 10.1. The van der Waals surface area contributed by atoms with Crippen LogP contribution in [0.5, 0.6) is 0 Å². The minimum absolute atomic E-state index is 0.0979. The first-order chi connectivity index (χ1) is 10.6. The molecule has 0 amide bonds. The van der Waals surface area contributed by atoms with E-state index in [4.69, 9.17) is 20.3 Å². The number of anilines is 1. The number of pyridine rings is 1. The van der Waals surface area contributed by atoms with Gasteiger partial charge in [-0.3, -0.25) is 19.4 Å². The number of nitrogen functional groups attached to an aromatic ring is 1. The summed E-state index contributed by atoms with van der Waals surface area (Å²) in [6.45, 7) is -0.600. The first-order valence-corrected chi connectivity index (χ1v) is 7.82. The molecule has 2 heterocycles. The van der Waals surface area contributed by atoms with Gasteiger partial charge >= 0.3 is 13.5 Å². The lowest BCUT2D eigenvalue weighted by molar-refractivity contribution is -0.384. The highest BCUT2D eigenvalue weighted by Crippen LogP contribution is 2.39. The molecule has 2 rings (SSSR count). The Morgan fingerprint density at radius 1 is 1.57 bits per heavy atom. The molecule has 0 aliphatic carbocycles. The number of hydrogen-bond donors (Lipinski definition) is 5. The molecule has 1 aromatic heterocycles. The normalized spacial score (nSPS) is 24.7. The molecule has 23 heavy (non-hydrogen) atoms. The number of nitrogens with zero attached hydrogens (tertiary/aromatic N) is 1. The van der Waals surface area contributed by atoms with Gasteiger partial charge in [-0.2, -0.15) is 0 Å². The van der Waals surface area contributed by atoms with E-state index in [0.29, 0.717) is 0 Å². The highest BCUT2D eigenvalue weighted by Gasteiger charge is 2.38. The quantitative estimate of drug-likeness (QED) is 0.253. The van der Waals surface area contributed by atoms with Crippen LogP contribution in [0.4, 0.5) is 11.5 Å². The van der Waals surface area contributed by atoms with Crippen molar-refractivity contribution in [2.75, 3.05) is 12.3 Å². The van der Waals surface area contributed by atoms with Crippen molar-refractivity contribution in [3.63, 3.8) is 0 Å². The van der Waals surface area contributed by atoms with Gasteiger partial charge in [-0.15, -0.1) is 0 Å². The fourth-order valence-corrected chi connectivity index (χ4v) is 2.53. The predicted molar refractivity (Wildman–Crippen MR) is 74.4 cm³/mol. The number of aliphatic hydroxyl groups is 1. The van der Waals surface area contributed by atoms with Crippen molar-refractivity contribution in [2.24, 2.45) is 0 Å². The summed E-state index contributed by atoms with van der Waals surface area (Å²) in [4.78, 5) is 41.3. The van der Waals surface area contributed by atoms with Crippen LogP contribution in [0, 0.1) is 10.1 Å². The number of nitrogens with two attached hydrogens (primary N) is 1. The Morgan fingerprint density at radius 2 is 2.22 bits per heavy atom. The summed E-state index contributed by atoms with van der Waals surface area (Å²) >= 11 is 0. The monoisotopic (exact) mass is 351 g/mol. The van der Waals surface area contributed by atoms with E-state index < -0.39 is 54.7 Å². The van der Waals surface area contributed by atoms with Gasteiger partial charge in [0.2, 0.25) is 0 Å². The average molecular weight is 351 g/mol. The Bertz CT molecular complexity index is 714. The van der Waals surface area contributed by atoms with Crippen LogP contribution < -0.4 is 11.3 Å². The zero-order valence-electron chi connectivity index (χ0n) is 11.5. The second kappa shape index (κ2) is 6.35. The molecule has 1 aromatic rings. The van der Waals surface area contributed by atoms with Gasteiger partial charge in [0.05, 0.1) is 29.3 Å². The van der Waals surface area contributed by atoms with Crippen LogP contribution in [0.3, 0.4) is 0 Å². The largest absolute Gasteiger partial charge is 0.469 e. The fourth-order valence-electron chi connectivity index (χ4n) is 2.19. The maximum Gasteiger partial charge on any atom is 0.469 e. The number of aliphatic hydroxyl groups excluding tert-OH is 1. The minimum atomic E-state index is -4.74. The van der Waals surface area contributed by atoms with Crippen molar-refractivity contribution < 1.29 is 33.6 Å². The third-order valence-electron chi connectivity index (χ3n) is 3.25. The van der Waals surface area contributed by atoms with Crippen molar-refractivity contribution in [3.05, 3.63) is 32.1 Å². The maximum absolute atomic E-state index is 11.9. The van der Waals surface area contributed by atoms with Gasteiger partial charge in [0.25, 0.3) is 5.56 Å². The first-order valence-electron chi connectivity index (χ1n) is 6.29. The molecule has 128 valence electrons. The van der Waals surface area contributed by atoms with Gasteiger partial charge < -0.3 is 30.3 Å². The summed E-state index contributed by atoms with van der Waals surface area (Å²) in [6.07, 6.45) is -3.36. The first kappa shape index (κ1) is 17.5. The van der Waals surface area contributed by atoms with Crippen LogP contribution in [0.15, 0.2) is 10.9 Å². The Balaban J connectivity index is 2.21. The molecule has 0 bridgehead atoms. The highest BCUT2D eigenvalue weighted by atomic mass is 31.2. The third-order valence-corrected chi connectivity index (χ3v) is 3.74. The Hall–Kier alpha value is -1.82. The molecule has 1 aliphatic rings. The Labute approximate surface area is 128 Å². The van der Waals surface area contributed by atoms with Crippen LogP contribution in [-0.2, 0) is 13.8 Å². The number of aromatic nitrogens is 1. The van der Waals surface area contributed by atoms with E-state index in [1.807, 2.05) is 0 Å². The molecule has 0 unspecified atom stereocenters. The standard InChI is InChI=1S/C10H14N3O9P/c11-9-5(13(16)17)1-4(10(15)12-9)7-2-6(14)8(22-7)3-21-23(18,19)20/h1,6-8,14H,2-3H2,(H3,11,12,15)(H2,18,19,20)/t6-,7+,8+/m0/s1. The number of nitrogens with one attached hydrogen (secondary N) is 1. The number of nitro groups is 1. The maximum atomic E-state index is 11.9. The minimum Gasteiger partial charge on any atom is -0.390 e. The summed E-state index contributed by atoms with van der Waals surface area (Å²) in [7, 11) is -4.74. The van der Waals surface area contributed by atoms with Gasteiger partial charge in [0.15, 0.2) is 5.82 Å². The molecule has 0 aromatic carbocycles. The van der Waals surface area contributed by atoms with E-state index in [-0.39, 0.29) is 12.0 Å². The number of hydrogen-bond acceptors (Lipinski definition) is 8. The van der Waals surface area contributed by atoms with Crippen LogP contribution >= 0.6 is 7.82 Å². The van der Waals surface area contributed by atoms with E-state index in [1.54, 1.807) is 0 Å². The Kier molecular flexibility index (Phi) is 4.84. The summed E-state index contributed by atoms with van der Waals surface area (Å²) in [5.41, 5.74) is 3.98. The number of phosphoric ester groups is 1. The summed E-state index contributed by atoms with van der Waals surface area (Å²) in [5.74, 6) is -0.413. The van der Waals surface area contributed by atoms with Crippen molar-refractivity contribution in [3.8, 4) is 0 Å². The van der Waals surface area contributed by atoms with Crippen LogP contribution in [0.1, 0.15) is 18.1 Å². The van der Waals surface area contributed by atoms with Crippen LogP contribution in [0.2, 0.25) is 0 Å². The fraction of sp³-hybridized carbons (Fsp3) is 0.500. The average Bonchev–Trinajstić information content (AvgIpc) is 2.76. The second-order valence-electron chi connectivity index (χ2n) is 4.86. The molecule has 12 nitrogen and oxygen atoms in total. The summed E-state index contributed by atoms with van der Waals surface area (Å²) < 4.78 is 20.2. The molecule has 6 N–H and O–H groups in total. The third kappa shape index (κ3) is 4.13. The SMILES string of the molecule is Nc1[nH]c(=O)c([C@H]2C[C@H](O)[C@@H](COP(=O)(O)O)O2)cc1[N+](=O)[O-]. The van der Waals surface area contributed by atoms with Gasteiger partial charge in [0.1, 0.15) is 6.10 Å². The summed E-state index contributed by atoms with van der Waals surface area (Å²) in [5, 5.41) is 20.7. The molecule has 3 atom stereocenters. The number of aromatic amines is 1. The molecular weight excluding hydrogens is 337 g/mol. The van der Waals surface area contributed by atoms with Crippen molar-refractivity contribution in [1.29, 1.82) is 0 Å². The highest BCUT2D eigenvalue weighted by molar-refractivity contribution is 7.46. The zero-order chi connectivity index (χ0) is 17.4. The number of H-pyrrole nitrogens is 1. The van der Waals surface area contributed by atoms with E-state index in [2.05, 4.69) is 9.51 Å². The van der Waals surface area contributed by atoms with Gasteiger partial charge in [0, 0.05) is 12.5 Å².